The van der Waals surface area contributed by atoms with Gasteiger partial charge >= 0.3 is 0 Å². The summed E-state index contributed by atoms with van der Waals surface area (Å²) < 4.78 is 11.6. The highest BCUT2D eigenvalue weighted by atomic mass is 79.9. The number of para-hydroxylation sites is 3. The smallest absolute Gasteiger partial charge is 0.266 e. The van der Waals surface area contributed by atoms with Crippen LogP contribution in [0, 0.1) is 11.3 Å². The van der Waals surface area contributed by atoms with Gasteiger partial charge in [-0.3, -0.25) is 9.59 Å². The maximum Gasteiger partial charge on any atom is 0.266 e. The molecule has 0 atom stereocenters. The molecular weight excluding hydrogens is 522 g/mol. The number of anilines is 2. The Morgan fingerprint density at radius 2 is 1.74 bits per heavy atom. The van der Waals surface area contributed by atoms with Crippen molar-refractivity contribution in [3.8, 4) is 17.6 Å². The molecule has 0 aliphatic heterocycles. The van der Waals surface area contributed by atoms with E-state index in [0.717, 1.165) is 0 Å². The average Bonchev–Trinajstić information content (AvgIpc) is 2.83. The second-order valence-corrected chi connectivity index (χ2v) is 8.15. The normalized spacial score (nSPS) is 10.7. The number of amides is 2. The first-order valence-corrected chi connectivity index (χ1v) is 11.1. The van der Waals surface area contributed by atoms with Gasteiger partial charge in [0, 0.05) is 10.0 Å². The Labute approximate surface area is 210 Å². The van der Waals surface area contributed by atoms with Crippen molar-refractivity contribution >= 4 is 56.8 Å². The number of rotatable bonds is 8. The molecule has 0 aliphatic carbocycles. The van der Waals surface area contributed by atoms with Crippen molar-refractivity contribution < 1.29 is 19.1 Å². The molecule has 0 spiro atoms. The molecule has 9 heteroatoms. The molecule has 3 aromatic carbocycles. The van der Waals surface area contributed by atoms with E-state index in [1.165, 1.54) is 13.2 Å². The lowest BCUT2D eigenvalue weighted by atomic mass is 10.1. The third-order valence-corrected chi connectivity index (χ3v) is 5.32. The Morgan fingerprint density at radius 3 is 2.44 bits per heavy atom. The molecule has 0 saturated heterocycles. The molecule has 7 nitrogen and oxygen atoms in total. The Balaban J connectivity index is 1.76. The highest BCUT2D eigenvalue weighted by molar-refractivity contribution is 9.10. The number of hydrogen-bond acceptors (Lipinski definition) is 5. The molecule has 0 radical (unpaired) electrons. The summed E-state index contributed by atoms with van der Waals surface area (Å²) in [7, 11) is 1.51. The molecule has 2 N–H and O–H groups in total. The highest BCUT2D eigenvalue weighted by Crippen LogP contribution is 2.27. The zero-order valence-electron chi connectivity index (χ0n) is 18.0. The monoisotopic (exact) mass is 539 g/mol. The van der Waals surface area contributed by atoms with E-state index in [4.69, 9.17) is 21.1 Å². The van der Waals surface area contributed by atoms with E-state index in [0.29, 0.717) is 37.9 Å². The van der Waals surface area contributed by atoms with Crippen molar-refractivity contribution in [2.45, 2.75) is 0 Å². The van der Waals surface area contributed by atoms with Crippen LogP contribution in [-0.2, 0) is 9.59 Å². The van der Waals surface area contributed by atoms with Crippen molar-refractivity contribution in [3.63, 3.8) is 0 Å². The Morgan fingerprint density at radius 1 is 1.03 bits per heavy atom. The van der Waals surface area contributed by atoms with E-state index in [1.54, 1.807) is 66.7 Å². The summed E-state index contributed by atoms with van der Waals surface area (Å²) in [6.07, 6.45) is 1.38. The molecule has 34 heavy (non-hydrogen) atoms. The van der Waals surface area contributed by atoms with Crippen LogP contribution in [0.3, 0.4) is 0 Å². The van der Waals surface area contributed by atoms with Crippen LogP contribution in [0.4, 0.5) is 11.4 Å². The molecule has 0 fully saturated rings. The largest absolute Gasteiger partial charge is 0.495 e. The van der Waals surface area contributed by atoms with Crippen LogP contribution in [0.2, 0.25) is 5.02 Å². The number of methoxy groups -OCH3 is 1. The lowest BCUT2D eigenvalue weighted by Crippen LogP contribution is -2.20. The number of carbonyl (C=O) groups excluding carboxylic acids is 2. The fraction of sp³-hybridized carbons (Fsp3) is 0.0800. The third-order valence-electron chi connectivity index (χ3n) is 4.50. The highest BCUT2D eigenvalue weighted by Gasteiger charge is 2.14. The van der Waals surface area contributed by atoms with Gasteiger partial charge in [0.15, 0.2) is 6.61 Å². The van der Waals surface area contributed by atoms with Crippen LogP contribution >= 0.6 is 27.5 Å². The van der Waals surface area contributed by atoms with Crippen LogP contribution in [-0.4, -0.2) is 25.5 Å². The summed E-state index contributed by atoms with van der Waals surface area (Å²) in [5.41, 5.74) is 1.17. The minimum absolute atomic E-state index is 0.165. The van der Waals surface area contributed by atoms with Gasteiger partial charge in [-0.2, -0.15) is 5.26 Å². The summed E-state index contributed by atoms with van der Waals surface area (Å²) in [5, 5.41) is 15.2. The first kappa shape index (κ1) is 24.8. The van der Waals surface area contributed by atoms with E-state index >= 15 is 0 Å². The number of hydrogen-bond donors (Lipinski definition) is 2. The van der Waals surface area contributed by atoms with Crippen LogP contribution in [0.5, 0.6) is 11.5 Å². The van der Waals surface area contributed by atoms with Crippen molar-refractivity contribution in [1.29, 1.82) is 5.26 Å². The fourth-order valence-corrected chi connectivity index (χ4v) is 3.46. The second kappa shape index (κ2) is 11.9. The fourth-order valence-electron chi connectivity index (χ4n) is 2.90. The van der Waals surface area contributed by atoms with Gasteiger partial charge in [-0.25, -0.2) is 0 Å². The summed E-state index contributed by atoms with van der Waals surface area (Å²) in [4.78, 5) is 25.0. The number of carbonyl (C=O) groups is 2. The molecular formula is C25H19BrClN3O4. The molecule has 0 unspecified atom stereocenters. The van der Waals surface area contributed by atoms with Crippen LogP contribution in [0.1, 0.15) is 5.56 Å². The standard InChI is InChI=1S/C25H19BrClN3O4/c1-33-23-9-5-4-8-21(23)29-24(31)15-34-22-11-10-18(26)13-16(22)12-17(14-28)25(32)30-20-7-3-2-6-19(20)27/h2-13H,15H2,1H3,(H,29,31)(H,30,32)/b17-12+. The maximum absolute atomic E-state index is 12.6. The Bertz CT molecular complexity index is 1290. The van der Waals surface area contributed by atoms with E-state index < -0.39 is 11.8 Å². The number of nitrogens with zero attached hydrogens (tertiary/aromatic N) is 1. The molecule has 3 aromatic rings. The number of halogens is 2. The number of ether oxygens (including phenoxy) is 2. The predicted octanol–water partition coefficient (Wildman–Crippen LogP) is 5.67. The van der Waals surface area contributed by atoms with Crippen LogP contribution < -0.4 is 20.1 Å². The molecule has 0 saturated carbocycles. The number of nitrogens with one attached hydrogen (secondary N) is 2. The van der Waals surface area contributed by atoms with Gasteiger partial charge in [0.05, 0.1) is 23.5 Å². The van der Waals surface area contributed by atoms with E-state index in [1.807, 2.05) is 6.07 Å². The molecule has 0 aliphatic rings. The zero-order valence-corrected chi connectivity index (χ0v) is 20.3. The topological polar surface area (TPSA) is 100 Å². The first-order valence-electron chi connectivity index (χ1n) is 9.94. The number of benzene rings is 3. The van der Waals surface area contributed by atoms with Crippen molar-refractivity contribution in [1.82, 2.24) is 0 Å². The van der Waals surface area contributed by atoms with Crippen LogP contribution in [0.15, 0.2) is 76.8 Å². The Hall–Kier alpha value is -3.80. The van der Waals surface area contributed by atoms with Crippen molar-refractivity contribution in [2.24, 2.45) is 0 Å². The van der Waals surface area contributed by atoms with Gasteiger partial charge in [0.1, 0.15) is 23.1 Å². The molecule has 2 amide bonds. The second-order valence-electron chi connectivity index (χ2n) is 6.82. The molecule has 0 bridgehead atoms. The lowest BCUT2D eigenvalue weighted by Gasteiger charge is -2.12. The average molecular weight is 541 g/mol. The van der Waals surface area contributed by atoms with E-state index in [-0.39, 0.29) is 12.2 Å². The van der Waals surface area contributed by atoms with Gasteiger partial charge in [0.25, 0.3) is 11.8 Å². The minimum Gasteiger partial charge on any atom is -0.495 e. The number of nitriles is 1. The zero-order chi connectivity index (χ0) is 24.5. The quantitative estimate of drug-likeness (QED) is 0.283. The van der Waals surface area contributed by atoms with Crippen molar-refractivity contribution in [3.05, 3.63) is 87.4 Å². The molecule has 172 valence electrons. The van der Waals surface area contributed by atoms with Crippen molar-refractivity contribution in [2.75, 3.05) is 24.4 Å². The van der Waals surface area contributed by atoms with Gasteiger partial charge in [-0.15, -0.1) is 0 Å². The van der Waals surface area contributed by atoms with E-state index in [2.05, 4.69) is 26.6 Å². The van der Waals surface area contributed by atoms with Gasteiger partial charge in [-0.1, -0.05) is 51.8 Å². The maximum atomic E-state index is 12.6. The van der Waals surface area contributed by atoms with E-state index in [9.17, 15) is 14.9 Å². The summed E-state index contributed by atoms with van der Waals surface area (Å²) in [6, 6.07) is 20.6. The SMILES string of the molecule is COc1ccccc1NC(=O)COc1ccc(Br)cc1/C=C(\C#N)C(=O)Nc1ccccc1Cl. The minimum atomic E-state index is -0.629. The molecule has 0 aromatic heterocycles. The third kappa shape index (κ3) is 6.61. The van der Waals surface area contributed by atoms with Gasteiger partial charge in [0.2, 0.25) is 0 Å². The molecule has 3 rings (SSSR count). The predicted molar refractivity (Wildman–Crippen MR) is 135 cm³/mol. The summed E-state index contributed by atoms with van der Waals surface area (Å²) >= 11 is 9.45. The lowest BCUT2D eigenvalue weighted by molar-refractivity contribution is -0.118. The molecule has 0 heterocycles. The summed E-state index contributed by atoms with van der Waals surface area (Å²) in [6.45, 7) is -0.297. The summed E-state index contributed by atoms with van der Waals surface area (Å²) in [5.74, 6) is -0.197. The van der Waals surface area contributed by atoms with Crippen LogP contribution in [0.25, 0.3) is 6.08 Å². The Kier molecular flexibility index (Phi) is 8.68. The first-order chi connectivity index (χ1) is 16.4. The van der Waals surface area contributed by atoms with Gasteiger partial charge < -0.3 is 20.1 Å². The van der Waals surface area contributed by atoms with Gasteiger partial charge in [-0.05, 0) is 48.5 Å².